The quantitative estimate of drug-likeness (QED) is 0.180. The van der Waals surface area contributed by atoms with Gasteiger partial charge in [-0.05, 0) is 82.8 Å². The summed E-state index contributed by atoms with van der Waals surface area (Å²) in [4.78, 5) is 45.1. The number of anilines is 1. The van der Waals surface area contributed by atoms with Crippen LogP contribution in [-0.4, -0.2) is 76.2 Å². The van der Waals surface area contributed by atoms with Crippen LogP contribution in [0.1, 0.15) is 86.4 Å². The Bertz CT molecular complexity index is 1700. The summed E-state index contributed by atoms with van der Waals surface area (Å²) in [5.74, 6) is 0.436. The maximum absolute atomic E-state index is 14.3. The molecular weight excluding hydrogens is 655 g/mol. The van der Waals surface area contributed by atoms with Crippen LogP contribution in [0.2, 0.25) is 28.3 Å². The van der Waals surface area contributed by atoms with E-state index < -0.39 is 19.6 Å². The summed E-state index contributed by atoms with van der Waals surface area (Å²) in [6.45, 7) is 26.0. The van der Waals surface area contributed by atoms with Crippen LogP contribution in [-0.2, 0) is 15.6 Å². The lowest BCUT2D eigenvalue weighted by atomic mass is 10.0. The lowest BCUT2D eigenvalue weighted by Gasteiger charge is -2.44. The molecule has 47 heavy (non-hydrogen) atoms. The first kappa shape index (κ1) is 37.1. The second-order valence-electron chi connectivity index (χ2n) is 15.4. The molecule has 4 rings (SSSR count). The Balaban J connectivity index is 1.85. The van der Waals surface area contributed by atoms with Gasteiger partial charge in [0.15, 0.2) is 14.0 Å². The molecule has 1 saturated heterocycles. The van der Waals surface area contributed by atoms with E-state index in [1.165, 1.54) is 4.57 Å². The Labute approximate surface area is 289 Å². The zero-order chi connectivity index (χ0) is 35.2. The number of amides is 1. The highest BCUT2D eigenvalue weighted by Gasteiger charge is 2.38. The molecule has 0 radical (unpaired) electrons. The maximum Gasteiger partial charge on any atom is 0.410 e. The molecule has 258 valence electrons. The minimum Gasteiger partial charge on any atom is -0.444 e. The van der Waals surface area contributed by atoms with Crippen molar-refractivity contribution in [3.8, 4) is 5.69 Å². The second-order valence-corrected chi connectivity index (χ2v) is 21.0. The van der Waals surface area contributed by atoms with E-state index in [-0.39, 0.29) is 39.3 Å². The number of nitrogens with zero attached hydrogens (tertiary/aromatic N) is 6. The number of rotatable bonds is 7. The first-order valence-corrected chi connectivity index (χ1v) is 20.0. The predicted molar refractivity (Wildman–Crippen MR) is 193 cm³/mol. The average molecular weight is 706 g/mol. The molecule has 1 aliphatic rings. The molecule has 0 spiro atoms. The summed E-state index contributed by atoms with van der Waals surface area (Å²) in [5, 5.41) is 0.972. The van der Waals surface area contributed by atoms with E-state index in [0.29, 0.717) is 48.7 Å². The fourth-order valence-corrected chi connectivity index (χ4v) is 6.86. The van der Waals surface area contributed by atoms with Crippen molar-refractivity contribution in [2.45, 2.75) is 117 Å². The van der Waals surface area contributed by atoms with Crippen molar-refractivity contribution in [2.75, 3.05) is 24.6 Å². The molecule has 0 saturated carbocycles. The maximum atomic E-state index is 14.3. The van der Waals surface area contributed by atoms with Gasteiger partial charge in [0, 0.05) is 38.0 Å². The first-order chi connectivity index (χ1) is 21.6. The van der Waals surface area contributed by atoms with Gasteiger partial charge in [0.1, 0.15) is 16.6 Å². The van der Waals surface area contributed by atoms with Crippen molar-refractivity contribution in [3.05, 3.63) is 50.2 Å². The Hall–Kier alpha value is -2.73. The lowest BCUT2D eigenvalue weighted by Crippen LogP contribution is -2.59. The van der Waals surface area contributed by atoms with Gasteiger partial charge in [-0.25, -0.2) is 19.1 Å². The number of fused-ring (bicyclic) bond motifs is 1. The van der Waals surface area contributed by atoms with Crippen LogP contribution in [0.5, 0.6) is 0 Å². The molecule has 1 amide bonds. The van der Waals surface area contributed by atoms with E-state index in [9.17, 15) is 9.59 Å². The van der Waals surface area contributed by atoms with Crippen LogP contribution in [0.4, 0.5) is 10.6 Å². The molecule has 10 nitrogen and oxygen atoms in total. The number of hydrogen-bond acceptors (Lipinski definition) is 8. The summed E-state index contributed by atoms with van der Waals surface area (Å²) in [7, 11) is -2.00. The molecule has 3 aromatic heterocycles. The summed E-state index contributed by atoms with van der Waals surface area (Å²) in [5.41, 5.74) is 1.50. The average Bonchev–Trinajstić information content (AvgIpc) is 2.93. The minimum atomic E-state index is -2.00. The third-order valence-electron chi connectivity index (χ3n) is 9.09. The van der Waals surface area contributed by atoms with Crippen LogP contribution >= 0.6 is 23.2 Å². The van der Waals surface area contributed by atoms with Gasteiger partial charge < -0.3 is 19.0 Å². The van der Waals surface area contributed by atoms with Crippen LogP contribution < -0.4 is 10.6 Å². The smallest absolute Gasteiger partial charge is 0.410 e. The van der Waals surface area contributed by atoms with E-state index in [1.807, 2.05) is 59.4 Å². The fraction of sp³-hybridized carbons (Fsp3) is 0.618. The topological polar surface area (TPSA) is 103 Å². The SMILES string of the molecule is CC(C)c1nccc(CCO[Si](C)(C)C(C)(C)C)c1-n1c(=O)nc(N2C[C@H](C)N(C(=O)OC(C)(C)C)C[C@@H]2C)c2cc(Cl)c(Cl)nc21. The van der Waals surface area contributed by atoms with Crippen LogP contribution in [0.15, 0.2) is 23.1 Å². The third kappa shape index (κ3) is 7.95. The summed E-state index contributed by atoms with van der Waals surface area (Å²) in [6.07, 6.45) is 1.98. The Morgan fingerprint density at radius 3 is 2.32 bits per heavy atom. The van der Waals surface area contributed by atoms with Crippen molar-refractivity contribution in [1.29, 1.82) is 0 Å². The summed E-state index contributed by atoms with van der Waals surface area (Å²) < 4.78 is 13.7. The molecule has 0 aliphatic carbocycles. The van der Waals surface area contributed by atoms with Gasteiger partial charge in [-0.15, -0.1) is 0 Å². The normalized spacial score (nSPS) is 17.9. The molecule has 0 unspecified atom stereocenters. The predicted octanol–water partition coefficient (Wildman–Crippen LogP) is 8.00. The molecule has 13 heteroatoms. The molecule has 1 aliphatic heterocycles. The molecule has 3 aromatic rings. The number of ether oxygens (including phenoxy) is 1. The summed E-state index contributed by atoms with van der Waals surface area (Å²) >= 11 is 13.1. The third-order valence-corrected chi connectivity index (χ3v) is 14.3. The van der Waals surface area contributed by atoms with Crippen LogP contribution in [0.3, 0.4) is 0 Å². The van der Waals surface area contributed by atoms with Crippen molar-refractivity contribution in [3.63, 3.8) is 0 Å². The Morgan fingerprint density at radius 2 is 1.72 bits per heavy atom. The van der Waals surface area contributed by atoms with Gasteiger partial charge in [-0.2, -0.15) is 4.98 Å². The minimum absolute atomic E-state index is 0.00235. The number of piperazine rings is 1. The zero-order valence-electron chi connectivity index (χ0n) is 29.9. The zero-order valence-corrected chi connectivity index (χ0v) is 32.4. The van der Waals surface area contributed by atoms with Crippen LogP contribution in [0.25, 0.3) is 16.7 Å². The standard InChI is InChI=1S/C34H50Cl2N6O4Si/c1-20(2)26-27(23(13-15-37-26)14-16-45-47(11,12)34(8,9)10)42-30-24(17-25(35)28(36)38-30)29(39-31(42)43)40-18-22(4)41(19-21(40)3)32(44)46-33(5,6)7/h13,15,17,20-22H,14,16,18-19H2,1-12H3/t21-,22-/m0/s1. The highest BCUT2D eigenvalue weighted by molar-refractivity contribution is 6.74. The number of pyridine rings is 2. The van der Waals surface area contributed by atoms with Crippen LogP contribution in [0, 0.1) is 0 Å². The lowest BCUT2D eigenvalue weighted by molar-refractivity contribution is 0.0130. The summed E-state index contributed by atoms with van der Waals surface area (Å²) in [6, 6.07) is 3.24. The number of aromatic nitrogens is 4. The van der Waals surface area contributed by atoms with Gasteiger partial charge in [0.2, 0.25) is 0 Å². The fourth-order valence-electron chi connectivity index (χ4n) is 5.53. The second kappa shape index (κ2) is 13.6. The van der Waals surface area contributed by atoms with Crippen molar-refractivity contribution in [2.24, 2.45) is 0 Å². The van der Waals surface area contributed by atoms with Crippen molar-refractivity contribution in [1.82, 2.24) is 24.4 Å². The number of hydrogen-bond donors (Lipinski definition) is 0. The van der Waals surface area contributed by atoms with Gasteiger partial charge in [0.25, 0.3) is 0 Å². The highest BCUT2D eigenvalue weighted by atomic mass is 35.5. The van der Waals surface area contributed by atoms with E-state index in [2.05, 4.69) is 43.8 Å². The monoisotopic (exact) mass is 704 g/mol. The Kier molecular flexibility index (Phi) is 10.8. The first-order valence-electron chi connectivity index (χ1n) is 16.3. The molecule has 0 N–H and O–H groups in total. The van der Waals surface area contributed by atoms with E-state index in [1.54, 1.807) is 17.2 Å². The number of carbonyl (C=O) groups is 1. The van der Waals surface area contributed by atoms with E-state index >= 15 is 0 Å². The Morgan fingerprint density at radius 1 is 1.06 bits per heavy atom. The largest absolute Gasteiger partial charge is 0.444 e. The molecule has 0 aromatic carbocycles. The highest BCUT2D eigenvalue weighted by Crippen LogP contribution is 2.37. The molecule has 2 atom stereocenters. The molecule has 4 heterocycles. The van der Waals surface area contributed by atoms with E-state index in [4.69, 9.17) is 37.3 Å². The van der Waals surface area contributed by atoms with Gasteiger partial charge in [0.05, 0.1) is 21.8 Å². The number of carbonyl (C=O) groups excluding carboxylic acids is 1. The molecule has 1 fully saturated rings. The van der Waals surface area contributed by atoms with E-state index in [0.717, 1.165) is 11.3 Å². The number of halogens is 2. The van der Waals surface area contributed by atoms with Gasteiger partial charge in [-0.1, -0.05) is 57.8 Å². The van der Waals surface area contributed by atoms with Gasteiger partial charge >= 0.3 is 11.8 Å². The molecule has 0 bridgehead atoms. The van der Waals surface area contributed by atoms with Gasteiger partial charge in [-0.3, -0.25) is 4.98 Å². The molecular formula is C34H50Cl2N6O4Si. The van der Waals surface area contributed by atoms with Crippen molar-refractivity contribution >= 4 is 54.5 Å². The van der Waals surface area contributed by atoms with Crippen molar-refractivity contribution < 1.29 is 14.0 Å².